The van der Waals surface area contributed by atoms with Crippen LogP contribution < -0.4 is 0 Å². The van der Waals surface area contributed by atoms with E-state index in [2.05, 4.69) is 28.2 Å². The van der Waals surface area contributed by atoms with Crippen LogP contribution in [0.25, 0.3) is 0 Å². The Labute approximate surface area is 70.8 Å². The minimum absolute atomic E-state index is 0.137. The van der Waals surface area contributed by atoms with E-state index in [1.807, 2.05) is 25.9 Å². The van der Waals surface area contributed by atoms with E-state index < -0.39 is 0 Å². The Bertz CT molecular complexity index is 233. The second-order valence-electron chi connectivity index (χ2n) is 2.52. The second-order valence-corrected chi connectivity index (χ2v) is 2.92. The van der Waals surface area contributed by atoms with Crippen molar-refractivity contribution in [3.05, 3.63) is 0 Å². The first kappa shape index (κ1) is 8.48. The fourth-order valence-electron chi connectivity index (χ4n) is 0.650. The van der Waals surface area contributed by atoms with Gasteiger partial charge in [0.2, 0.25) is 5.16 Å². The van der Waals surface area contributed by atoms with E-state index in [9.17, 15) is 0 Å². The average Bonchev–Trinajstić information content (AvgIpc) is 2.33. The molecule has 0 aliphatic rings. The van der Waals surface area contributed by atoms with Crippen molar-refractivity contribution in [2.24, 2.45) is 0 Å². The molecule has 11 heavy (non-hydrogen) atoms. The maximum absolute atomic E-state index is 4.08. The van der Waals surface area contributed by atoms with Crippen LogP contribution in [0.5, 0.6) is 0 Å². The first-order valence-electron chi connectivity index (χ1n) is 3.26. The molecule has 1 unspecified atom stereocenters. The van der Waals surface area contributed by atoms with Gasteiger partial charge < -0.3 is 0 Å². The van der Waals surface area contributed by atoms with Gasteiger partial charge in [-0.15, -0.1) is 17.7 Å². The summed E-state index contributed by atoms with van der Waals surface area (Å²) < 4.78 is 1.64. The smallest absolute Gasteiger partial charge is 0.207 e. The zero-order chi connectivity index (χ0) is 8.43. The monoisotopic (exact) mass is 173 g/mol. The molecule has 0 radical (unpaired) electrons. The van der Waals surface area contributed by atoms with Crippen LogP contribution in [-0.2, 0) is 0 Å². The quantitative estimate of drug-likeness (QED) is 0.642. The number of tetrazole rings is 1. The van der Waals surface area contributed by atoms with Crippen LogP contribution in [0.1, 0.15) is 13.1 Å². The lowest BCUT2D eigenvalue weighted by atomic mass is 10.5. The first-order chi connectivity index (χ1) is 5.13. The number of hydrogen-bond acceptors (Lipinski definition) is 5. The fourth-order valence-corrected chi connectivity index (χ4v) is 0.897. The molecule has 6 heteroatoms. The zero-order valence-corrected chi connectivity index (χ0v) is 7.66. The minimum Gasteiger partial charge on any atom is -0.288 e. The molecule has 0 spiro atoms. The molecule has 0 aromatic carbocycles. The molecule has 0 aliphatic heterocycles. The first-order valence-corrected chi connectivity index (χ1v) is 3.71. The van der Waals surface area contributed by atoms with E-state index in [1.165, 1.54) is 0 Å². The Morgan fingerprint density at radius 1 is 1.55 bits per heavy atom. The van der Waals surface area contributed by atoms with Crippen LogP contribution in [0.3, 0.4) is 0 Å². The molecule has 1 heterocycles. The number of rotatable bonds is 2. The van der Waals surface area contributed by atoms with Gasteiger partial charge in [0.1, 0.15) is 6.17 Å². The highest BCUT2D eigenvalue weighted by Gasteiger charge is 2.10. The highest BCUT2D eigenvalue weighted by Crippen LogP contribution is 2.09. The van der Waals surface area contributed by atoms with Crippen LogP contribution in [0.15, 0.2) is 5.16 Å². The SMILES string of the molecule is CC(N(C)C)n1nnnc1S. The fraction of sp³-hybridized carbons (Fsp3) is 0.800. The lowest BCUT2D eigenvalue weighted by Crippen LogP contribution is -2.24. The molecule has 0 saturated carbocycles. The van der Waals surface area contributed by atoms with Crippen molar-refractivity contribution in [1.82, 2.24) is 25.1 Å². The van der Waals surface area contributed by atoms with Crippen LogP contribution in [0, 0.1) is 0 Å². The van der Waals surface area contributed by atoms with Crippen molar-refractivity contribution >= 4 is 12.6 Å². The molecule has 1 rings (SSSR count). The summed E-state index contributed by atoms with van der Waals surface area (Å²) in [6.45, 7) is 2.00. The lowest BCUT2D eigenvalue weighted by molar-refractivity contribution is 0.205. The Morgan fingerprint density at radius 3 is 2.55 bits per heavy atom. The summed E-state index contributed by atoms with van der Waals surface area (Å²) in [6, 6.07) is 0. The Morgan fingerprint density at radius 2 is 2.18 bits per heavy atom. The summed E-state index contributed by atoms with van der Waals surface area (Å²) in [5.74, 6) is 0. The third-order valence-electron chi connectivity index (χ3n) is 1.58. The van der Waals surface area contributed by atoms with Crippen LogP contribution in [0.2, 0.25) is 0 Å². The van der Waals surface area contributed by atoms with E-state index in [0.29, 0.717) is 5.16 Å². The van der Waals surface area contributed by atoms with Crippen LogP contribution in [-0.4, -0.2) is 39.2 Å². The molecule has 0 fully saturated rings. The van der Waals surface area contributed by atoms with Gasteiger partial charge in [0.05, 0.1) is 0 Å². The number of nitrogens with zero attached hydrogens (tertiary/aromatic N) is 5. The average molecular weight is 173 g/mol. The van der Waals surface area contributed by atoms with Gasteiger partial charge in [-0.05, 0) is 31.4 Å². The molecular weight excluding hydrogens is 162 g/mol. The maximum atomic E-state index is 4.08. The molecule has 0 saturated heterocycles. The predicted octanol–water partition coefficient (Wildman–Crippen LogP) is 0.0419. The maximum Gasteiger partial charge on any atom is 0.207 e. The van der Waals surface area contributed by atoms with Gasteiger partial charge in [0, 0.05) is 0 Å². The van der Waals surface area contributed by atoms with Gasteiger partial charge in [-0.25, -0.2) is 4.68 Å². The van der Waals surface area contributed by atoms with Gasteiger partial charge in [0.25, 0.3) is 0 Å². The summed E-state index contributed by atoms with van der Waals surface area (Å²) in [5.41, 5.74) is 0. The van der Waals surface area contributed by atoms with Gasteiger partial charge in [-0.3, -0.25) is 4.90 Å². The van der Waals surface area contributed by atoms with E-state index in [1.54, 1.807) is 4.68 Å². The van der Waals surface area contributed by atoms with Crippen molar-refractivity contribution in [2.75, 3.05) is 14.1 Å². The predicted molar refractivity (Wildman–Crippen MR) is 43.5 cm³/mol. The van der Waals surface area contributed by atoms with Crippen molar-refractivity contribution in [2.45, 2.75) is 18.2 Å². The Balaban J connectivity index is 2.84. The minimum atomic E-state index is 0.137. The van der Waals surface area contributed by atoms with Crippen molar-refractivity contribution in [1.29, 1.82) is 0 Å². The molecule has 62 valence electrons. The highest BCUT2D eigenvalue weighted by molar-refractivity contribution is 7.80. The van der Waals surface area contributed by atoms with Crippen LogP contribution in [0.4, 0.5) is 0 Å². The topological polar surface area (TPSA) is 46.8 Å². The van der Waals surface area contributed by atoms with Crippen molar-refractivity contribution in [3.63, 3.8) is 0 Å². The van der Waals surface area contributed by atoms with E-state index in [0.717, 1.165) is 0 Å². The normalized spacial score (nSPS) is 13.9. The third kappa shape index (κ3) is 1.69. The van der Waals surface area contributed by atoms with E-state index in [4.69, 9.17) is 0 Å². The van der Waals surface area contributed by atoms with Crippen molar-refractivity contribution < 1.29 is 0 Å². The number of hydrogen-bond donors (Lipinski definition) is 1. The zero-order valence-electron chi connectivity index (χ0n) is 6.76. The summed E-state index contributed by atoms with van der Waals surface area (Å²) in [7, 11) is 3.92. The molecule has 0 aliphatic carbocycles. The second kappa shape index (κ2) is 3.19. The molecule has 1 aromatic rings. The van der Waals surface area contributed by atoms with E-state index >= 15 is 0 Å². The van der Waals surface area contributed by atoms with Crippen LogP contribution >= 0.6 is 12.6 Å². The van der Waals surface area contributed by atoms with Gasteiger partial charge in [-0.1, -0.05) is 0 Å². The number of aromatic nitrogens is 4. The molecule has 1 aromatic heterocycles. The highest BCUT2D eigenvalue weighted by atomic mass is 32.1. The summed E-state index contributed by atoms with van der Waals surface area (Å²) in [5, 5.41) is 11.5. The summed E-state index contributed by atoms with van der Waals surface area (Å²) in [6.07, 6.45) is 0.137. The van der Waals surface area contributed by atoms with Gasteiger partial charge in [0.15, 0.2) is 0 Å². The van der Waals surface area contributed by atoms with Gasteiger partial charge >= 0.3 is 0 Å². The summed E-state index contributed by atoms with van der Waals surface area (Å²) >= 11 is 4.08. The Kier molecular flexibility index (Phi) is 2.45. The van der Waals surface area contributed by atoms with Crippen molar-refractivity contribution in [3.8, 4) is 0 Å². The third-order valence-corrected chi connectivity index (χ3v) is 1.87. The molecule has 1 atom stereocenters. The Hall–Kier alpha value is -0.620. The molecule has 5 nitrogen and oxygen atoms in total. The molecule has 0 amide bonds. The largest absolute Gasteiger partial charge is 0.288 e. The summed E-state index contributed by atoms with van der Waals surface area (Å²) in [4.78, 5) is 2.00. The number of thiol groups is 1. The standard InChI is InChI=1S/C5H11N5S/c1-4(9(2)3)10-5(11)6-7-8-10/h4H,1-3H3,(H,6,8,11). The molecule has 0 bridgehead atoms. The molecule has 0 N–H and O–H groups in total. The van der Waals surface area contributed by atoms with Gasteiger partial charge in [-0.2, -0.15) is 0 Å². The lowest BCUT2D eigenvalue weighted by Gasteiger charge is -2.19. The molecular formula is C5H11N5S. The van der Waals surface area contributed by atoms with E-state index in [-0.39, 0.29) is 6.17 Å².